The van der Waals surface area contributed by atoms with Gasteiger partial charge in [0.25, 0.3) is 0 Å². The van der Waals surface area contributed by atoms with Gasteiger partial charge in [-0.15, -0.1) is 0 Å². The fourth-order valence-corrected chi connectivity index (χ4v) is 2.70. The molecule has 0 unspecified atom stereocenters. The zero-order valence-electron chi connectivity index (χ0n) is 13.7. The van der Waals surface area contributed by atoms with Crippen molar-refractivity contribution in [3.8, 4) is 11.1 Å². The van der Waals surface area contributed by atoms with Crippen molar-refractivity contribution in [1.29, 1.82) is 0 Å². The third-order valence-electron chi connectivity index (χ3n) is 3.75. The number of nitrogen functional groups attached to an aromatic ring is 1. The third kappa shape index (κ3) is 4.38. The minimum Gasteiger partial charge on any atom is -0.399 e. The van der Waals surface area contributed by atoms with E-state index in [1.807, 2.05) is 47.4 Å². The molecule has 0 atom stereocenters. The average Bonchev–Trinajstić information content (AvgIpc) is 2.60. The first-order chi connectivity index (χ1) is 11.7. The summed E-state index contributed by atoms with van der Waals surface area (Å²) in [5, 5.41) is 30.9. The quantitative estimate of drug-likeness (QED) is 0.442. The second-order valence-electron chi connectivity index (χ2n) is 5.41. The van der Waals surface area contributed by atoms with E-state index >= 15 is 0 Å². The Labute approximate surface area is 142 Å². The molecule has 0 fully saturated rings. The van der Waals surface area contributed by atoms with Crippen LogP contribution in [0.3, 0.4) is 0 Å². The number of nitrogens with zero attached hydrogens (tertiary/aromatic N) is 1. The van der Waals surface area contributed by atoms with Gasteiger partial charge < -0.3 is 31.3 Å². The van der Waals surface area contributed by atoms with Gasteiger partial charge in [-0.3, -0.25) is 0 Å². The van der Waals surface area contributed by atoms with Crippen LogP contribution >= 0.6 is 0 Å². The van der Waals surface area contributed by atoms with Crippen LogP contribution in [0.2, 0.25) is 0 Å². The Kier molecular flexibility index (Phi) is 6.87. The van der Waals surface area contributed by atoms with E-state index in [4.69, 9.17) is 10.8 Å². The summed E-state index contributed by atoms with van der Waals surface area (Å²) in [4.78, 5) is 1.94. The molecule has 0 bridgehead atoms. The Hall–Kier alpha value is -2.28. The summed E-state index contributed by atoms with van der Waals surface area (Å²) in [7, 11) is 0. The highest BCUT2D eigenvalue weighted by atomic mass is 16.3. The highest BCUT2D eigenvalue weighted by Gasteiger charge is 2.14. The molecule has 2 aromatic carbocycles. The second-order valence-corrected chi connectivity index (χ2v) is 5.41. The number of rotatable bonds is 9. The maximum absolute atomic E-state index is 9.32. The molecule has 2 rings (SSSR count). The molecule has 0 aliphatic heterocycles. The van der Waals surface area contributed by atoms with Crippen molar-refractivity contribution < 1.29 is 15.3 Å². The lowest BCUT2D eigenvalue weighted by Gasteiger charge is -2.26. The van der Waals surface area contributed by atoms with Crippen LogP contribution < -0.4 is 16.0 Å². The number of aliphatic hydroxyl groups excluding tert-OH is 3. The van der Waals surface area contributed by atoms with Crippen LogP contribution in [-0.2, 0) is 0 Å². The van der Waals surface area contributed by atoms with Crippen LogP contribution in [0.15, 0.2) is 42.5 Å². The second kappa shape index (κ2) is 9.12. The lowest BCUT2D eigenvalue weighted by atomic mass is 10.00. The van der Waals surface area contributed by atoms with E-state index in [0.29, 0.717) is 25.3 Å². The Balaban J connectivity index is 2.50. The molecular formula is C18H25N3O3. The van der Waals surface area contributed by atoms with Crippen LogP contribution in [0.1, 0.15) is 0 Å². The molecule has 0 heterocycles. The van der Waals surface area contributed by atoms with Crippen LogP contribution in [-0.4, -0.2) is 54.8 Å². The minimum atomic E-state index is 0.000875. The summed E-state index contributed by atoms with van der Waals surface area (Å²) in [6, 6.07) is 13.4. The Morgan fingerprint density at radius 1 is 0.875 bits per heavy atom. The molecular weight excluding hydrogens is 306 g/mol. The molecule has 6 N–H and O–H groups in total. The SMILES string of the molecule is Nc1ccc(NCCO)c(-c2ccccc2N(CCO)CCO)c1. The van der Waals surface area contributed by atoms with Crippen LogP contribution in [0.4, 0.5) is 17.1 Å². The lowest BCUT2D eigenvalue weighted by molar-refractivity contribution is 0.281. The number of hydrogen-bond acceptors (Lipinski definition) is 6. The number of nitrogens with one attached hydrogen (secondary N) is 1. The molecule has 0 saturated heterocycles. The molecule has 0 radical (unpaired) electrons. The van der Waals surface area contributed by atoms with Crippen molar-refractivity contribution in [3.63, 3.8) is 0 Å². The minimum absolute atomic E-state index is 0.000875. The van der Waals surface area contributed by atoms with Crippen molar-refractivity contribution in [3.05, 3.63) is 42.5 Å². The molecule has 2 aromatic rings. The standard InChI is InChI=1S/C18H25N3O3/c19-14-5-6-17(20-7-10-22)16(13-14)15-3-1-2-4-18(15)21(8-11-23)9-12-24/h1-6,13,20,22-24H,7-12,19H2. The predicted molar refractivity (Wildman–Crippen MR) is 98.3 cm³/mol. The van der Waals surface area contributed by atoms with Gasteiger partial charge in [0, 0.05) is 47.8 Å². The normalized spacial score (nSPS) is 10.6. The molecule has 0 amide bonds. The fraction of sp³-hybridized carbons (Fsp3) is 0.333. The van der Waals surface area contributed by atoms with E-state index in [1.165, 1.54) is 0 Å². The van der Waals surface area contributed by atoms with Crippen molar-refractivity contribution in [2.45, 2.75) is 0 Å². The topological polar surface area (TPSA) is 102 Å². The van der Waals surface area contributed by atoms with Crippen LogP contribution in [0, 0.1) is 0 Å². The average molecular weight is 331 g/mol. The summed E-state index contributed by atoms with van der Waals surface area (Å²) in [5.74, 6) is 0. The maximum Gasteiger partial charge on any atom is 0.0606 e. The predicted octanol–water partition coefficient (Wildman–Crippen LogP) is 1.13. The number of nitrogens with two attached hydrogens (primary N) is 1. The van der Waals surface area contributed by atoms with Crippen molar-refractivity contribution in [1.82, 2.24) is 0 Å². The van der Waals surface area contributed by atoms with Gasteiger partial charge in [0.05, 0.1) is 19.8 Å². The molecule has 6 heteroatoms. The Morgan fingerprint density at radius 3 is 2.25 bits per heavy atom. The summed E-state index contributed by atoms with van der Waals surface area (Å²) < 4.78 is 0. The zero-order chi connectivity index (χ0) is 17.4. The van der Waals surface area contributed by atoms with Gasteiger partial charge in [-0.25, -0.2) is 0 Å². The fourth-order valence-electron chi connectivity index (χ4n) is 2.70. The summed E-state index contributed by atoms with van der Waals surface area (Å²) in [6.45, 7) is 1.34. The number of aliphatic hydroxyl groups is 3. The Bertz CT molecular complexity index is 643. The van der Waals surface area contributed by atoms with E-state index < -0.39 is 0 Å². The first kappa shape index (κ1) is 18.1. The van der Waals surface area contributed by atoms with E-state index in [0.717, 1.165) is 22.5 Å². The van der Waals surface area contributed by atoms with Gasteiger partial charge >= 0.3 is 0 Å². The van der Waals surface area contributed by atoms with E-state index in [-0.39, 0.29) is 19.8 Å². The van der Waals surface area contributed by atoms with Gasteiger partial charge in [0.15, 0.2) is 0 Å². The highest BCUT2D eigenvalue weighted by molar-refractivity contribution is 5.88. The van der Waals surface area contributed by atoms with E-state index in [2.05, 4.69) is 5.32 Å². The van der Waals surface area contributed by atoms with E-state index in [9.17, 15) is 10.2 Å². The molecule has 130 valence electrons. The zero-order valence-corrected chi connectivity index (χ0v) is 13.7. The number of hydrogen-bond donors (Lipinski definition) is 5. The summed E-state index contributed by atoms with van der Waals surface area (Å²) in [5.41, 5.74) is 10.3. The van der Waals surface area contributed by atoms with Crippen molar-refractivity contribution >= 4 is 17.1 Å². The van der Waals surface area contributed by atoms with Gasteiger partial charge in [-0.05, 0) is 24.3 Å². The van der Waals surface area contributed by atoms with Crippen LogP contribution in [0.5, 0.6) is 0 Å². The third-order valence-corrected chi connectivity index (χ3v) is 3.75. The molecule has 24 heavy (non-hydrogen) atoms. The first-order valence-corrected chi connectivity index (χ1v) is 8.01. The number of benzene rings is 2. The van der Waals surface area contributed by atoms with Crippen molar-refractivity contribution in [2.75, 3.05) is 55.4 Å². The largest absolute Gasteiger partial charge is 0.399 e. The van der Waals surface area contributed by atoms with Gasteiger partial charge in [-0.1, -0.05) is 18.2 Å². The Morgan fingerprint density at radius 2 is 1.58 bits per heavy atom. The molecule has 0 aliphatic rings. The van der Waals surface area contributed by atoms with E-state index in [1.54, 1.807) is 0 Å². The van der Waals surface area contributed by atoms with Crippen LogP contribution in [0.25, 0.3) is 11.1 Å². The highest BCUT2D eigenvalue weighted by Crippen LogP contribution is 2.36. The number of anilines is 3. The molecule has 0 saturated carbocycles. The first-order valence-electron chi connectivity index (χ1n) is 8.01. The van der Waals surface area contributed by atoms with Gasteiger partial charge in [0.2, 0.25) is 0 Å². The maximum atomic E-state index is 9.32. The lowest BCUT2D eigenvalue weighted by Crippen LogP contribution is -2.30. The van der Waals surface area contributed by atoms with Gasteiger partial charge in [0.1, 0.15) is 0 Å². The molecule has 0 aromatic heterocycles. The molecule has 6 nitrogen and oxygen atoms in total. The van der Waals surface area contributed by atoms with Crippen molar-refractivity contribution in [2.24, 2.45) is 0 Å². The smallest absolute Gasteiger partial charge is 0.0606 e. The monoisotopic (exact) mass is 331 g/mol. The summed E-state index contributed by atoms with van der Waals surface area (Å²) >= 11 is 0. The van der Waals surface area contributed by atoms with Gasteiger partial charge in [-0.2, -0.15) is 0 Å². The molecule has 0 aliphatic carbocycles. The molecule has 0 spiro atoms. The number of para-hydroxylation sites is 1. The summed E-state index contributed by atoms with van der Waals surface area (Å²) in [6.07, 6.45) is 0.